The average Bonchev–Trinajstić information content (AvgIpc) is 3.19. The van der Waals surface area contributed by atoms with E-state index >= 15 is 0 Å². The van der Waals surface area contributed by atoms with Gasteiger partial charge in [-0.2, -0.15) is 5.10 Å². The summed E-state index contributed by atoms with van der Waals surface area (Å²) in [6.07, 6.45) is 3.66. The number of aromatic amines is 1. The fraction of sp³-hybridized carbons (Fsp3) is 0.500. The van der Waals surface area contributed by atoms with Crippen molar-refractivity contribution < 1.29 is 8.78 Å². The topological polar surface area (TPSA) is 84.3 Å². The van der Waals surface area contributed by atoms with Gasteiger partial charge in [-0.1, -0.05) is 6.92 Å². The molecule has 1 fully saturated rings. The molecule has 0 spiro atoms. The largest absolute Gasteiger partial charge is 0.336 e. The SMILES string of the molecule is CCC(C)n1ncc(Nc2ncnc3nc(C(F)F)[nH]c23)c1C1CC1. The summed E-state index contributed by atoms with van der Waals surface area (Å²) >= 11 is 0. The number of H-pyrrole nitrogens is 1. The number of aromatic nitrogens is 6. The molecule has 1 aliphatic carbocycles. The Bertz CT molecular complexity index is 897. The molecule has 0 saturated heterocycles. The predicted octanol–water partition coefficient (Wildman–Crippen LogP) is 4.08. The molecule has 0 aromatic carbocycles. The minimum absolute atomic E-state index is 0.218. The van der Waals surface area contributed by atoms with Crippen LogP contribution in [-0.2, 0) is 0 Å². The molecule has 2 N–H and O–H groups in total. The molecule has 132 valence electrons. The van der Waals surface area contributed by atoms with Crippen molar-refractivity contribution in [3.05, 3.63) is 24.0 Å². The molecule has 4 rings (SSSR count). The molecule has 1 unspecified atom stereocenters. The van der Waals surface area contributed by atoms with E-state index in [1.807, 2.05) is 0 Å². The maximum atomic E-state index is 12.9. The van der Waals surface area contributed by atoms with Crippen LogP contribution in [0, 0.1) is 0 Å². The van der Waals surface area contributed by atoms with Gasteiger partial charge in [0.05, 0.1) is 17.6 Å². The lowest BCUT2D eigenvalue weighted by Gasteiger charge is -2.15. The number of alkyl halides is 2. The first kappa shape index (κ1) is 15.9. The zero-order chi connectivity index (χ0) is 17.6. The van der Waals surface area contributed by atoms with E-state index in [2.05, 4.69) is 48.9 Å². The van der Waals surface area contributed by atoms with E-state index in [1.54, 1.807) is 6.20 Å². The van der Waals surface area contributed by atoms with Gasteiger partial charge in [0.25, 0.3) is 6.43 Å². The Labute approximate surface area is 142 Å². The number of halogens is 2. The van der Waals surface area contributed by atoms with Gasteiger partial charge < -0.3 is 10.3 Å². The minimum atomic E-state index is -2.68. The zero-order valence-electron chi connectivity index (χ0n) is 14.0. The summed E-state index contributed by atoms with van der Waals surface area (Å²) in [5, 5.41) is 7.76. The van der Waals surface area contributed by atoms with Crippen molar-refractivity contribution in [3.8, 4) is 0 Å². The van der Waals surface area contributed by atoms with Crippen molar-refractivity contribution in [2.24, 2.45) is 0 Å². The second kappa shape index (κ2) is 6.05. The monoisotopic (exact) mass is 347 g/mol. The van der Waals surface area contributed by atoms with E-state index in [4.69, 9.17) is 0 Å². The van der Waals surface area contributed by atoms with Gasteiger partial charge in [0.2, 0.25) is 0 Å². The van der Waals surface area contributed by atoms with Gasteiger partial charge in [-0.15, -0.1) is 0 Å². The minimum Gasteiger partial charge on any atom is -0.336 e. The number of hydrogen-bond acceptors (Lipinski definition) is 5. The van der Waals surface area contributed by atoms with Gasteiger partial charge in [0.1, 0.15) is 11.8 Å². The lowest BCUT2D eigenvalue weighted by molar-refractivity contribution is 0.142. The highest BCUT2D eigenvalue weighted by Crippen LogP contribution is 2.45. The van der Waals surface area contributed by atoms with Gasteiger partial charge in [-0.3, -0.25) is 4.68 Å². The highest BCUT2D eigenvalue weighted by atomic mass is 19.3. The third-order valence-electron chi connectivity index (χ3n) is 4.57. The third-order valence-corrected chi connectivity index (χ3v) is 4.57. The molecule has 7 nitrogen and oxygen atoms in total. The summed E-state index contributed by atoms with van der Waals surface area (Å²) in [5.41, 5.74) is 2.59. The highest BCUT2D eigenvalue weighted by Gasteiger charge is 2.31. The third kappa shape index (κ3) is 2.83. The molecule has 0 aliphatic heterocycles. The van der Waals surface area contributed by atoms with Crippen LogP contribution in [0.4, 0.5) is 20.3 Å². The number of nitrogens with one attached hydrogen (secondary N) is 2. The molecule has 1 saturated carbocycles. The highest BCUT2D eigenvalue weighted by molar-refractivity contribution is 5.85. The van der Waals surface area contributed by atoms with E-state index in [0.717, 1.165) is 30.6 Å². The summed E-state index contributed by atoms with van der Waals surface area (Å²) in [7, 11) is 0. The van der Waals surface area contributed by atoms with Crippen LogP contribution in [0.3, 0.4) is 0 Å². The van der Waals surface area contributed by atoms with Crippen LogP contribution in [0.5, 0.6) is 0 Å². The van der Waals surface area contributed by atoms with E-state index in [0.29, 0.717) is 23.3 Å². The summed E-state index contributed by atoms with van der Waals surface area (Å²) in [5.74, 6) is 0.501. The summed E-state index contributed by atoms with van der Waals surface area (Å²) in [6.45, 7) is 4.26. The van der Waals surface area contributed by atoms with Gasteiger partial charge in [0.15, 0.2) is 17.3 Å². The lowest BCUT2D eigenvalue weighted by Crippen LogP contribution is -2.10. The molecule has 1 aliphatic rings. The van der Waals surface area contributed by atoms with Crippen LogP contribution >= 0.6 is 0 Å². The molecule has 9 heteroatoms. The van der Waals surface area contributed by atoms with Crippen molar-refractivity contribution in [2.75, 3.05) is 5.32 Å². The molecule has 0 radical (unpaired) electrons. The van der Waals surface area contributed by atoms with E-state index in [9.17, 15) is 8.78 Å². The van der Waals surface area contributed by atoms with Crippen molar-refractivity contribution in [1.82, 2.24) is 29.7 Å². The van der Waals surface area contributed by atoms with Crippen LogP contribution in [0.25, 0.3) is 11.2 Å². The molecule has 0 bridgehead atoms. The summed E-state index contributed by atoms with van der Waals surface area (Å²) in [4.78, 5) is 14.6. The molecular weight excluding hydrogens is 328 g/mol. The maximum absolute atomic E-state index is 12.9. The molecule has 0 amide bonds. The molecule has 1 atom stereocenters. The van der Waals surface area contributed by atoms with Crippen molar-refractivity contribution in [3.63, 3.8) is 0 Å². The molecule has 25 heavy (non-hydrogen) atoms. The molecular formula is C16H19F2N7. The van der Waals surface area contributed by atoms with E-state index in [-0.39, 0.29) is 5.65 Å². The summed E-state index contributed by atoms with van der Waals surface area (Å²) in [6, 6.07) is 0.300. The number of anilines is 2. The number of imidazole rings is 1. The Balaban J connectivity index is 1.73. The Morgan fingerprint density at radius 2 is 2.16 bits per heavy atom. The number of hydrogen-bond donors (Lipinski definition) is 2. The lowest BCUT2D eigenvalue weighted by atomic mass is 10.2. The van der Waals surface area contributed by atoms with E-state index < -0.39 is 12.2 Å². The molecule has 3 aromatic heterocycles. The van der Waals surface area contributed by atoms with Crippen LogP contribution in [-0.4, -0.2) is 29.7 Å². The standard InChI is InChI=1S/C16H19F2N7/c1-3-8(2)25-12(9-4-5-9)10(6-21-25)22-14-11-15(20-7-19-14)24-16(23-11)13(17)18/h6-9,13H,3-5H2,1-2H3,(H2,19,20,22,23,24). The first-order valence-corrected chi connectivity index (χ1v) is 8.41. The first-order chi connectivity index (χ1) is 12.1. The number of nitrogens with zero attached hydrogens (tertiary/aromatic N) is 5. The smallest absolute Gasteiger partial charge is 0.295 e. The molecule has 3 aromatic rings. The zero-order valence-corrected chi connectivity index (χ0v) is 14.0. The molecule has 3 heterocycles. The Hall–Kier alpha value is -2.58. The van der Waals surface area contributed by atoms with E-state index in [1.165, 1.54) is 6.33 Å². The van der Waals surface area contributed by atoms with Crippen LogP contribution in [0.2, 0.25) is 0 Å². The van der Waals surface area contributed by atoms with Crippen LogP contribution < -0.4 is 5.32 Å². The Morgan fingerprint density at radius 1 is 1.36 bits per heavy atom. The second-order valence-corrected chi connectivity index (χ2v) is 6.39. The fourth-order valence-corrected chi connectivity index (χ4v) is 2.93. The first-order valence-electron chi connectivity index (χ1n) is 8.41. The van der Waals surface area contributed by atoms with Gasteiger partial charge in [-0.05, 0) is 26.2 Å². The van der Waals surface area contributed by atoms with Crippen LogP contribution in [0.1, 0.15) is 63.0 Å². The van der Waals surface area contributed by atoms with Gasteiger partial charge in [0, 0.05) is 12.0 Å². The number of rotatable bonds is 6. The quantitative estimate of drug-likeness (QED) is 0.702. The van der Waals surface area contributed by atoms with Crippen molar-refractivity contribution in [1.29, 1.82) is 0 Å². The van der Waals surface area contributed by atoms with Crippen LogP contribution in [0.15, 0.2) is 12.5 Å². The van der Waals surface area contributed by atoms with Crippen molar-refractivity contribution in [2.45, 2.75) is 51.5 Å². The predicted molar refractivity (Wildman–Crippen MR) is 89.1 cm³/mol. The second-order valence-electron chi connectivity index (χ2n) is 6.39. The Kier molecular flexibility index (Phi) is 3.85. The Morgan fingerprint density at radius 3 is 2.84 bits per heavy atom. The summed E-state index contributed by atoms with van der Waals surface area (Å²) < 4.78 is 27.8. The van der Waals surface area contributed by atoms with Gasteiger partial charge >= 0.3 is 0 Å². The van der Waals surface area contributed by atoms with Crippen molar-refractivity contribution >= 4 is 22.7 Å². The fourth-order valence-electron chi connectivity index (χ4n) is 2.93. The normalized spacial score (nSPS) is 15.9. The number of fused-ring (bicyclic) bond motifs is 1. The van der Waals surface area contributed by atoms with Gasteiger partial charge in [-0.25, -0.2) is 23.7 Å². The average molecular weight is 347 g/mol. The maximum Gasteiger partial charge on any atom is 0.295 e.